The highest BCUT2D eigenvalue weighted by Crippen LogP contribution is 2.31. The second-order valence-corrected chi connectivity index (χ2v) is 6.96. The van der Waals surface area contributed by atoms with Crippen LogP contribution in [0.3, 0.4) is 0 Å². The zero-order valence-electron chi connectivity index (χ0n) is 11.5. The molecule has 2 aliphatic rings. The van der Waals surface area contributed by atoms with Crippen LogP contribution in [0.2, 0.25) is 0 Å². The van der Waals surface area contributed by atoms with Crippen LogP contribution in [-0.2, 0) is 0 Å². The van der Waals surface area contributed by atoms with Crippen molar-refractivity contribution in [2.24, 2.45) is 16.8 Å². The van der Waals surface area contributed by atoms with Crippen LogP contribution in [0.15, 0.2) is 4.99 Å². The molecule has 0 radical (unpaired) electrons. The quantitative estimate of drug-likeness (QED) is 0.831. The van der Waals surface area contributed by atoms with Gasteiger partial charge < -0.3 is 5.32 Å². The van der Waals surface area contributed by atoms with E-state index in [0.29, 0.717) is 0 Å². The number of amidine groups is 1. The monoisotopic (exact) mass is 254 g/mol. The minimum Gasteiger partial charge on any atom is -0.359 e. The molecule has 1 heterocycles. The van der Waals surface area contributed by atoms with Gasteiger partial charge in [0.05, 0.1) is 0 Å². The molecule has 0 spiro atoms. The van der Waals surface area contributed by atoms with E-state index in [0.717, 1.165) is 18.4 Å². The number of thioether (sulfide) groups is 1. The highest BCUT2D eigenvalue weighted by Gasteiger charge is 2.30. The van der Waals surface area contributed by atoms with E-state index < -0.39 is 0 Å². The van der Waals surface area contributed by atoms with Gasteiger partial charge in [-0.05, 0) is 31.6 Å². The number of nitrogens with zero attached hydrogens (tertiary/aromatic N) is 1. The summed E-state index contributed by atoms with van der Waals surface area (Å²) in [4.78, 5) is 4.81. The molecule has 3 heteroatoms. The fraction of sp³-hybridized carbons (Fsp3) is 0.929. The molecule has 0 amide bonds. The Hall–Kier alpha value is -0.180. The van der Waals surface area contributed by atoms with Crippen LogP contribution >= 0.6 is 11.8 Å². The van der Waals surface area contributed by atoms with Gasteiger partial charge in [-0.15, -0.1) is 0 Å². The number of nitrogens with one attached hydrogen (secondary N) is 1. The number of rotatable bonds is 3. The van der Waals surface area contributed by atoms with E-state index in [9.17, 15) is 0 Å². The van der Waals surface area contributed by atoms with E-state index >= 15 is 0 Å². The maximum atomic E-state index is 4.81. The summed E-state index contributed by atoms with van der Waals surface area (Å²) in [5.74, 6) is 2.87. The molecule has 1 N–H and O–H groups in total. The summed E-state index contributed by atoms with van der Waals surface area (Å²) in [5.41, 5.74) is 0.279. The predicted octanol–water partition coefficient (Wildman–Crippen LogP) is 3.67. The van der Waals surface area contributed by atoms with Crippen molar-refractivity contribution in [2.45, 2.75) is 58.4 Å². The van der Waals surface area contributed by atoms with Crippen molar-refractivity contribution < 1.29 is 0 Å². The van der Waals surface area contributed by atoms with Gasteiger partial charge in [0.25, 0.3) is 0 Å². The average Bonchev–Trinajstić information content (AvgIpc) is 2.71. The first-order valence-electron chi connectivity index (χ1n) is 7.08. The van der Waals surface area contributed by atoms with Gasteiger partial charge in [-0.1, -0.05) is 44.9 Å². The Labute approximate surface area is 110 Å². The van der Waals surface area contributed by atoms with E-state index in [4.69, 9.17) is 4.99 Å². The summed E-state index contributed by atoms with van der Waals surface area (Å²) in [6.45, 7) is 7.98. The van der Waals surface area contributed by atoms with Crippen LogP contribution in [0.4, 0.5) is 0 Å². The fourth-order valence-electron chi connectivity index (χ4n) is 2.70. The van der Waals surface area contributed by atoms with Gasteiger partial charge in [-0.3, -0.25) is 4.99 Å². The third-order valence-corrected chi connectivity index (χ3v) is 5.76. The largest absolute Gasteiger partial charge is 0.359 e. The van der Waals surface area contributed by atoms with Gasteiger partial charge in [0, 0.05) is 17.8 Å². The molecule has 1 aliphatic heterocycles. The van der Waals surface area contributed by atoms with E-state index in [1.54, 1.807) is 0 Å². The minimum atomic E-state index is 0.279. The number of hydrogen-bond acceptors (Lipinski definition) is 2. The lowest BCUT2D eigenvalue weighted by Crippen LogP contribution is -2.39. The molecule has 2 rings (SSSR count). The molecule has 98 valence electrons. The Balaban J connectivity index is 1.85. The molecule has 0 bridgehead atoms. The van der Waals surface area contributed by atoms with E-state index in [2.05, 4.69) is 26.1 Å². The number of aliphatic imine (C=N–C) groups is 1. The molecule has 17 heavy (non-hydrogen) atoms. The molecule has 0 aromatic rings. The van der Waals surface area contributed by atoms with Crippen molar-refractivity contribution in [2.75, 3.05) is 12.3 Å². The topological polar surface area (TPSA) is 24.4 Å². The second-order valence-electron chi connectivity index (χ2n) is 6.00. The highest BCUT2D eigenvalue weighted by molar-refractivity contribution is 8.14. The summed E-state index contributed by atoms with van der Waals surface area (Å²) in [5, 5.41) is 4.77. The van der Waals surface area contributed by atoms with Gasteiger partial charge in [-0.25, -0.2) is 0 Å². The first-order valence-corrected chi connectivity index (χ1v) is 8.07. The normalized spacial score (nSPS) is 40.5. The Bertz CT molecular complexity index is 290. The summed E-state index contributed by atoms with van der Waals surface area (Å²) in [6, 6.07) is 0. The van der Waals surface area contributed by atoms with Crippen LogP contribution in [0.5, 0.6) is 0 Å². The van der Waals surface area contributed by atoms with Crippen LogP contribution in [0.25, 0.3) is 0 Å². The van der Waals surface area contributed by atoms with Crippen molar-refractivity contribution in [1.29, 1.82) is 0 Å². The van der Waals surface area contributed by atoms with Crippen LogP contribution in [-0.4, -0.2) is 23.0 Å². The summed E-state index contributed by atoms with van der Waals surface area (Å²) >= 11 is 1.90. The average molecular weight is 254 g/mol. The molecule has 2 nitrogen and oxygen atoms in total. The standard InChI is InChI=1S/C14H26N2S/c1-4-14(3)10-17-13(16-14)15-9-12-8-6-5-7-11(12)2/h11-12H,4-10H2,1-3H3,(H,15,16). The van der Waals surface area contributed by atoms with Crippen molar-refractivity contribution in [1.82, 2.24) is 5.32 Å². The molecule has 1 saturated heterocycles. The van der Waals surface area contributed by atoms with E-state index in [1.165, 1.54) is 43.0 Å². The van der Waals surface area contributed by atoms with Crippen LogP contribution in [0, 0.1) is 11.8 Å². The van der Waals surface area contributed by atoms with Crippen LogP contribution in [0.1, 0.15) is 52.9 Å². The molecular weight excluding hydrogens is 228 g/mol. The lowest BCUT2D eigenvalue weighted by atomic mass is 9.80. The van der Waals surface area contributed by atoms with Gasteiger partial charge >= 0.3 is 0 Å². The Morgan fingerprint density at radius 3 is 2.82 bits per heavy atom. The Kier molecular flexibility index (Phi) is 4.40. The highest BCUT2D eigenvalue weighted by atomic mass is 32.2. The smallest absolute Gasteiger partial charge is 0.157 e. The predicted molar refractivity (Wildman–Crippen MR) is 77.7 cm³/mol. The maximum Gasteiger partial charge on any atom is 0.157 e. The first kappa shape index (κ1) is 13.3. The summed E-state index contributed by atoms with van der Waals surface area (Å²) < 4.78 is 0. The molecule has 3 atom stereocenters. The Morgan fingerprint density at radius 2 is 2.18 bits per heavy atom. The molecule has 1 saturated carbocycles. The van der Waals surface area contributed by atoms with Gasteiger partial charge in [0.2, 0.25) is 0 Å². The molecular formula is C14H26N2S. The third kappa shape index (κ3) is 3.40. The SMILES string of the molecule is CCC1(C)CSC(=NCC2CCCCC2C)N1. The molecule has 1 aliphatic carbocycles. The molecule has 3 unspecified atom stereocenters. The molecule has 0 aromatic carbocycles. The van der Waals surface area contributed by atoms with E-state index in [1.807, 2.05) is 11.8 Å². The van der Waals surface area contributed by atoms with Crippen LogP contribution < -0.4 is 5.32 Å². The van der Waals surface area contributed by atoms with E-state index in [-0.39, 0.29) is 5.54 Å². The lowest BCUT2D eigenvalue weighted by Gasteiger charge is -2.27. The van der Waals surface area contributed by atoms with Crippen molar-refractivity contribution >= 4 is 16.9 Å². The van der Waals surface area contributed by atoms with Gasteiger partial charge in [0.1, 0.15) is 0 Å². The molecule has 2 fully saturated rings. The zero-order chi connectivity index (χ0) is 12.3. The summed E-state index contributed by atoms with van der Waals surface area (Å²) in [7, 11) is 0. The van der Waals surface area contributed by atoms with Crippen molar-refractivity contribution in [3.63, 3.8) is 0 Å². The lowest BCUT2D eigenvalue weighted by molar-refractivity contribution is 0.264. The number of hydrogen-bond donors (Lipinski definition) is 1. The van der Waals surface area contributed by atoms with Crippen molar-refractivity contribution in [3.05, 3.63) is 0 Å². The zero-order valence-corrected chi connectivity index (χ0v) is 12.3. The fourth-order valence-corrected chi connectivity index (χ4v) is 3.91. The minimum absolute atomic E-state index is 0.279. The second kappa shape index (κ2) is 5.64. The third-order valence-electron chi connectivity index (χ3n) is 4.48. The first-order chi connectivity index (χ1) is 8.13. The van der Waals surface area contributed by atoms with Gasteiger partial charge in [-0.2, -0.15) is 0 Å². The summed E-state index contributed by atoms with van der Waals surface area (Å²) in [6.07, 6.45) is 6.80. The Morgan fingerprint density at radius 1 is 1.41 bits per heavy atom. The van der Waals surface area contributed by atoms with Crippen molar-refractivity contribution in [3.8, 4) is 0 Å². The molecule has 0 aromatic heterocycles. The van der Waals surface area contributed by atoms with Gasteiger partial charge in [0.15, 0.2) is 5.17 Å². The maximum absolute atomic E-state index is 4.81.